The van der Waals surface area contributed by atoms with Gasteiger partial charge in [-0.25, -0.2) is 9.97 Å². The zero-order chi connectivity index (χ0) is 19.3. The van der Waals surface area contributed by atoms with Gasteiger partial charge in [0.25, 0.3) is 5.91 Å². The standard InChI is InChI=1S/C24H21N3O/c1-2-16-27(23-14-8-9-15-25-23)24(28)20-17-22(18-10-4-3-5-11-18)26-21-13-7-6-12-19(20)21/h3-15,17H,2,16H2,1H3. The Hall–Kier alpha value is -3.53. The molecule has 0 aliphatic heterocycles. The zero-order valence-electron chi connectivity index (χ0n) is 15.7. The van der Waals surface area contributed by atoms with Crippen molar-refractivity contribution in [3.63, 3.8) is 0 Å². The number of nitrogens with zero attached hydrogens (tertiary/aromatic N) is 3. The van der Waals surface area contributed by atoms with Crippen molar-refractivity contribution in [2.75, 3.05) is 11.4 Å². The first-order valence-corrected chi connectivity index (χ1v) is 9.46. The van der Waals surface area contributed by atoms with Crippen molar-refractivity contribution in [3.8, 4) is 11.3 Å². The van der Waals surface area contributed by atoms with Crippen molar-refractivity contribution >= 4 is 22.6 Å². The third-order valence-electron chi connectivity index (χ3n) is 4.63. The number of aromatic nitrogens is 2. The Labute approximate surface area is 164 Å². The zero-order valence-corrected chi connectivity index (χ0v) is 15.7. The van der Waals surface area contributed by atoms with E-state index in [1.165, 1.54) is 0 Å². The van der Waals surface area contributed by atoms with Crippen LogP contribution >= 0.6 is 0 Å². The number of fused-ring (bicyclic) bond motifs is 1. The number of hydrogen-bond acceptors (Lipinski definition) is 3. The Morgan fingerprint density at radius 1 is 0.929 bits per heavy atom. The number of para-hydroxylation sites is 1. The number of pyridine rings is 2. The van der Waals surface area contributed by atoms with Gasteiger partial charge in [-0.3, -0.25) is 9.69 Å². The first-order chi connectivity index (χ1) is 13.8. The Morgan fingerprint density at radius 3 is 2.43 bits per heavy atom. The number of hydrogen-bond donors (Lipinski definition) is 0. The largest absolute Gasteiger partial charge is 0.293 e. The molecule has 2 heterocycles. The molecule has 0 aliphatic carbocycles. The molecule has 4 heteroatoms. The van der Waals surface area contributed by atoms with E-state index in [0.717, 1.165) is 28.6 Å². The molecule has 28 heavy (non-hydrogen) atoms. The van der Waals surface area contributed by atoms with Gasteiger partial charge >= 0.3 is 0 Å². The summed E-state index contributed by atoms with van der Waals surface area (Å²) in [7, 11) is 0. The molecular weight excluding hydrogens is 346 g/mol. The minimum absolute atomic E-state index is 0.0590. The number of carbonyl (C=O) groups is 1. The lowest BCUT2D eigenvalue weighted by Gasteiger charge is -2.22. The lowest BCUT2D eigenvalue weighted by molar-refractivity contribution is 0.0987. The van der Waals surface area contributed by atoms with E-state index < -0.39 is 0 Å². The summed E-state index contributed by atoms with van der Waals surface area (Å²) in [6.07, 6.45) is 2.56. The minimum atomic E-state index is -0.0590. The highest BCUT2D eigenvalue weighted by Crippen LogP contribution is 2.27. The summed E-state index contributed by atoms with van der Waals surface area (Å²) in [6.45, 7) is 2.66. The van der Waals surface area contributed by atoms with Crippen LogP contribution < -0.4 is 4.90 Å². The predicted molar refractivity (Wildman–Crippen MR) is 113 cm³/mol. The van der Waals surface area contributed by atoms with Gasteiger partial charge in [-0.15, -0.1) is 0 Å². The van der Waals surface area contributed by atoms with Crippen LogP contribution in [0.1, 0.15) is 23.7 Å². The lowest BCUT2D eigenvalue weighted by atomic mass is 10.0. The number of carbonyl (C=O) groups excluding carboxylic acids is 1. The molecule has 0 fully saturated rings. The van der Waals surface area contributed by atoms with E-state index in [2.05, 4.69) is 11.9 Å². The fourth-order valence-electron chi connectivity index (χ4n) is 3.31. The molecule has 4 aromatic rings. The second-order valence-corrected chi connectivity index (χ2v) is 6.58. The average Bonchev–Trinajstić information content (AvgIpc) is 2.77. The summed E-state index contributed by atoms with van der Waals surface area (Å²) in [4.78, 5) is 24.5. The molecule has 0 atom stereocenters. The van der Waals surface area contributed by atoms with E-state index >= 15 is 0 Å². The molecule has 2 aromatic carbocycles. The smallest absolute Gasteiger partial charge is 0.260 e. The van der Waals surface area contributed by atoms with Gasteiger partial charge in [0.2, 0.25) is 0 Å². The maximum atomic E-state index is 13.6. The molecule has 2 aromatic heterocycles. The summed E-state index contributed by atoms with van der Waals surface area (Å²) >= 11 is 0. The second-order valence-electron chi connectivity index (χ2n) is 6.58. The van der Waals surface area contributed by atoms with Crippen molar-refractivity contribution in [3.05, 3.63) is 90.6 Å². The Bertz CT molecular complexity index is 1090. The highest BCUT2D eigenvalue weighted by Gasteiger charge is 2.21. The van der Waals surface area contributed by atoms with Gasteiger partial charge in [-0.2, -0.15) is 0 Å². The lowest BCUT2D eigenvalue weighted by Crippen LogP contribution is -2.32. The Morgan fingerprint density at radius 2 is 1.68 bits per heavy atom. The van der Waals surface area contributed by atoms with E-state index in [4.69, 9.17) is 4.98 Å². The molecule has 0 bridgehead atoms. The molecule has 0 saturated heterocycles. The monoisotopic (exact) mass is 367 g/mol. The molecule has 0 unspecified atom stereocenters. The summed E-state index contributed by atoms with van der Waals surface area (Å²) < 4.78 is 0. The van der Waals surface area contributed by atoms with Gasteiger partial charge in [-0.05, 0) is 30.7 Å². The SMILES string of the molecule is CCCN(C(=O)c1cc(-c2ccccc2)nc2ccccc12)c1ccccn1. The van der Waals surface area contributed by atoms with Gasteiger partial charge < -0.3 is 0 Å². The van der Waals surface area contributed by atoms with Crippen LogP contribution in [0.25, 0.3) is 22.2 Å². The predicted octanol–water partition coefficient (Wildman–Crippen LogP) is 5.35. The maximum Gasteiger partial charge on any atom is 0.260 e. The van der Waals surface area contributed by atoms with E-state index in [9.17, 15) is 4.79 Å². The van der Waals surface area contributed by atoms with Crippen LogP contribution in [0.5, 0.6) is 0 Å². The molecule has 1 amide bonds. The van der Waals surface area contributed by atoms with Crippen LogP contribution in [0.4, 0.5) is 5.82 Å². The maximum absolute atomic E-state index is 13.6. The van der Waals surface area contributed by atoms with E-state index in [1.54, 1.807) is 11.1 Å². The molecule has 4 nitrogen and oxygen atoms in total. The highest BCUT2D eigenvalue weighted by molar-refractivity contribution is 6.14. The number of benzene rings is 2. The van der Waals surface area contributed by atoms with Crippen LogP contribution in [0.2, 0.25) is 0 Å². The van der Waals surface area contributed by atoms with Gasteiger partial charge in [0.05, 0.1) is 16.8 Å². The summed E-state index contributed by atoms with van der Waals surface area (Å²) in [5.74, 6) is 0.604. The molecule has 138 valence electrons. The van der Waals surface area contributed by atoms with Crippen LogP contribution in [0, 0.1) is 0 Å². The van der Waals surface area contributed by atoms with Crippen molar-refractivity contribution in [2.45, 2.75) is 13.3 Å². The average molecular weight is 367 g/mol. The van der Waals surface area contributed by atoms with Crippen molar-refractivity contribution in [2.24, 2.45) is 0 Å². The minimum Gasteiger partial charge on any atom is -0.293 e. The number of anilines is 1. The third kappa shape index (κ3) is 3.49. The van der Waals surface area contributed by atoms with Crippen molar-refractivity contribution in [1.82, 2.24) is 9.97 Å². The first kappa shape index (κ1) is 17.9. The fourth-order valence-corrected chi connectivity index (χ4v) is 3.31. The van der Waals surface area contributed by atoms with Gasteiger partial charge in [0.15, 0.2) is 0 Å². The van der Waals surface area contributed by atoms with Crippen LogP contribution in [0.15, 0.2) is 85.1 Å². The quantitative estimate of drug-likeness (QED) is 0.477. The molecule has 0 radical (unpaired) electrons. The molecule has 4 rings (SSSR count). The highest BCUT2D eigenvalue weighted by atomic mass is 16.2. The fraction of sp³-hybridized carbons (Fsp3) is 0.125. The van der Waals surface area contributed by atoms with E-state index in [1.807, 2.05) is 78.9 Å². The Kier molecular flexibility index (Phi) is 5.11. The van der Waals surface area contributed by atoms with Gasteiger partial charge in [0, 0.05) is 23.7 Å². The van der Waals surface area contributed by atoms with Crippen molar-refractivity contribution in [1.29, 1.82) is 0 Å². The molecule has 0 aliphatic rings. The van der Waals surface area contributed by atoms with Gasteiger partial charge in [-0.1, -0.05) is 61.5 Å². The topological polar surface area (TPSA) is 46.1 Å². The first-order valence-electron chi connectivity index (χ1n) is 9.46. The van der Waals surface area contributed by atoms with E-state index in [-0.39, 0.29) is 5.91 Å². The van der Waals surface area contributed by atoms with Crippen LogP contribution in [0.3, 0.4) is 0 Å². The van der Waals surface area contributed by atoms with Crippen LogP contribution in [-0.4, -0.2) is 22.4 Å². The summed E-state index contributed by atoms with van der Waals surface area (Å²) in [5.41, 5.74) is 3.23. The molecule has 0 saturated carbocycles. The second kappa shape index (κ2) is 8.01. The summed E-state index contributed by atoms with van der Waals surface area (Å²) in [5, 5.41) is 0.851. The van der Waals surface area contributed by atoms with Gasteiger partial charge in [0.1, 0.15) is 5.82 Å². The summed E-state index contributed by atoms with van der Waals surface area (Å²) in [6, 6.07) is 25.2. The van der Waals surface area contributed by atoms with Crippen molar-refractivity contribution < 1.29 is 4.79 Å². The number of rotatable bonds is 5. The normalized spacial score (nSPS) is 10.8. The number of amides is 1. The molecule has 0 spiro atoms. The molecule has 0 N–H and O–H groups in total. The van der Waals surface area contributed by atoms with E-state index in [0.29, 0.717) is 17.9 Å². The molecular formula is C24H21N3O. The van der Waals surface area contributed by atoms with Crippen LogP contribution in [-0.2, 0) is 0 Å². The Balaban J connectivity index is 1.87. The third-order valence-corrected chi connectivity index (χ3v) is 4.63.